The van der Waals surface area contributed by atoms with Crippen LogP contribution >= 0.6 is 0 Å². The number of fused-ring (bicyclic) bond motifs is 2. The molecule has 4 nitrogen and oxygen atoms in total. The molecule has 4 rings (SSSR count). The van der Waals surface area contributed by atoms with Crippen molar-refractivity contribution in [2.75, 3.05) is 11.5 Å². The van der Waals surface area contributed by atoms with Gasteiger partial charge < -0.3 is 9.64 Å². The maximum Gasteiger partial charge on any atom is 0.422 e. The van der Waals surface area contributed by atoms with Crippen LogP contribution in [0.2, 0.25) is 0 Å². The van der Waals surface area contributed by atoms with Gasteiger partial charge >= 0.3 is 6.18 Å². The number of amides is 1. The number of ether oxygens (including phenoxy) is 1. The lowest BCUT2D eigenvalue weighted by Gasteiger charge is -2.17. The predicted molar refractivity (Wildman–Crippen MR) is 112 cm³/mol. The number of alkyl halides is 3. The summed E-state index contributed by atoms with van der Waals surface area (Å²) in [5, 5.41) is 1.24. The van der Waals surface area contributed by atoms with E-state index in [1.54, 1.807) is 42.5 Å². The first-order valence-corrected chi connectivity index (χ1v) is 9.79. The van der Waals surface area contributed by atoms with Crippen LogP contribution in [0, 0.1) is 6.92 Å². The Kier molecular flexibility index (Phi) is 5.21. The van der Waals surface area contributed by atoms with Gasteiger partial charge in [-0.05, 0) is 48.1 Å². The van der Waals surface area contributed by atoms with E-state index in [0.29, 0.717) is 23.1 Å². The van der Waals surface area contributed by atoms with Gasteiger partial charge in [-0.2, -0.15) is 13.2 Å². The second kappa shape index (κ2) is 7.72. The molecule has 0 bridgehead atoms. The van der Waals surface area contributed by atoms with Gasteiger partial charge in [0.15, 0.2) is 6.61 Å². The van der Waals surface area contributed by atoms with Crippen LogP contribution in [-0.2, 0) is 17.8 Å². The SMILES string of the molecule is CC(=O)Cc1ccc(N2Cc3c(c(OCC(F)(F)F)c4ccccc4c3C)C2=O)cc1. The molecule has 0 saturated heterocycles. The highest BCUT2D eigenvalue weighted by atomic mass is 19.4. The van der Waals surface area contributed by atoms with E-state index in [9.17, 15) is 22.8 Å². The number of ketones is 1. The molecule has 7 heteroatoms. The molecule has 0 radical (unpaired) electrons. The number of hydrogen-bond acceptors (Lipinski definition) is 3. The first-order valence-electron chi connectivity index (χ1n) is 9.79. The zero-order valence-electron chi connectivity index (χ0n) is 17.0. The number of halogens is 3. The maximum absolute atomic E-state index is 13.3. The lowest BCUT2D eigenvalue weighted by molar-refractivity contribution is -0.153. The van der Waals surface area contributed by atoms with E-state index in [-0.39, 0.29) is 23.6 Å². The maximum atomic E-state index is 13.3. The fourth-order valence-electron chi connectivity index (χ4n) is 4.01. The minimum Gasteiger partial charge on any atom is -0.483 e. The van der Waals surface area contributed by atoms with Gasteiger partial charge in [0.25, 0.3) is 5.91 Å². The highest BCUT2D eigenvalue weighted by Gasteiger charge is 2.36. The molecular weight excluding hydrogens is 407 g/mol. The Bertz CT molecular complexity index is 1180. The molecule has 0 atom stereocenters. The molecular formula is C24H20F3NO3. The van der Waals surface area contributed by atoms with Crippen molar-refractivity contribution in [1.82, 2.24) is 0 Å². The Morgan fingerprint density at radius 1 is 1.06 bits per heavy atom. The first-order chi connectivity index (χ1) is 14.7. The van der Waals surface area contributed by atoms with Gasteiger partial charge in [0.05, 0.1) is 12.1 Å². The molecule has 0 saturated carbocycles. The fraction of sp³-hybridized carbons (Fsp3) is 0.250. The quantitative estimate of drug-likeness (QED) is 0.549. The van der Waals surface area contributed by atoms with Crippen LogP contribution in [-0.4, -0.2) is 24.5 Å². The lowest BCUT2D eigenvalue weighted by Crippen LogP contribution is -2.24. The van der Waals surface area contributed by atoms with Gasteiger partial charge in [-0.25, -0.2) is 0 Å². The van der Waals surface area contributed by atoms with Crippen LogP contribution in [0.25, 0.3) is 10.8 Å². The third-order valence-corrected chi connectivity index (χ3v) is 5.41. The number of hydrogen-bond donors (Lipinski definition) is 0. The van der Waals surface area contributed by atoms with Gasteiger partial charge in [-0.3, -0.25) is 9.59 Å². The van der Waals surface area contributed by atoms with E-state index >= 15 is 0 Å². The second-order valence-electron chi connectivity index (χ2n) is 7.69. The molecule has 0 aromatic heterocycles. The third kappa shape index (κ3) is 4.00. The standard InChI is InChI=1S/C24H20F3NO3/c1-14(29)11-16-7-9-17(10-8-16)28-12-20-15(2)18-5-3-4-6-19(18)22(21(20)23(28)30)31-13-24(25,26)27/h3-10H,11-13H2,1-2H3. The van der Waals surface area contributed by atoms with Gasteiger partial charge in [-0.1, -0.05) is 36.4 Å². The van der Waals surface area contributed by atoms with E-state index < -0.39 is 18.7 Å². The summed E-state index contributed by atoms with van der Waals surface area (Å²) in [5.74, 6) is -0.402. The number of nitrogens with zero attached hydrogens (tertiary/aromatic N) is 1. The lowest BCUT2D eigenvalue weighted by atomic mass is 9.95. The van der Waals surface area contributed by atoms with Crippen molar-refractivity contribution in [3.8, 4) is 5.75 Å². The molecule has 0 unspecified atom stereocenters. The number of anilines is 1. The van der Waals surface area contributed by atoms with Crippen molar-refractivity contribution in [3.63, 3.8) is 0 Å². The van der Waals surface area contributed by atoms with Crippen LogP contribution in [0.4, 0.5) is 18.9 Å². The normalized spacial score (nSPS) is 13.6. The highest BCUT2D eigenvalue weighted by Crippen LogP contribution is 2.42. The zero-order valence-corrected chi connectivity index (χ0v) is 17.0. The molecule has 1 heterocycles. The Morgan fingerprint density at radius 3 is 2.32 bits per heavy atom. The van der Waals surface area contributed by atoms with Crippen LogP contribution in [0.3, 0.4) is 0 Å². The molecule has 0 spiro atoms. The molecule has 0 aliphatic carbocycles. The predicted octanol–water partition coefficient (Wildman–Crippen LogP) is 5.38. The van der Waals surface area contributed by atoms with E-state index in [1.807, 2.05) is 13.0 Å². The number of carbonyl (C=O) groups excluding carboxylic acids is 2. The molecule has 3 aromatic rings. The van der Waals surface area contributed by atoms with Crippen LogP contribution in [0.5, 0.6) is 5.75 Å². The summed E-state index contributed by atoms with van der Waals surface area (Å²) in [6.07, 6.45) is -4.22. The molecule has 0 fully saturated rings. The minimum atomic E-state index is -4.52. The van der Waals surface area contributed by atoms with Crippen molar-refractivity contribution < 1.29 is 27.5 Å². The van der Waals surface area contributed by atoms with Crippen LogP contribution < -0.4 is 9.64 Å². The highest BCUT2D eigenvalue weighted by molar-refractivity contribution is 6.16. The van der Waals surface area contributed by atoms with Gasteiger partial charge in [0, 0.05) is 17.5 Å². The molecule has 3 aromatic carbocycles. The van der Waals surface area contributed by atoms with Crippen LogP contribution in [0.15, 0.2) is 48.5 Å². The smallest absolute Gasteiger partial charge is 0.422 e. The average Bonchev–Trinajstić information content (AvgIpc) is 3.05. The van der Waals surface area contributed by atoms with Gasteiger partial charge in [-0.15, -0.1) is 0 Å². The van der Waals surface area contributed by atoms with Gasteiger partial charge in [0.1, 0.15) is 11.5 Å². The van der Waals surface area contributed by atoms with Gasteiger partial charge in [0.2, 0.25) is 0 Å². The van der Waals surface area contributed by atoms with Crippen molar-refractivity contribution in [1.29, 1.82) is 0 Å². The molecule has 160 valence electrons. The Morgan fingerprint density at radius 2 is 1.71 bits per heavy atom. The Hall–Kier alpha value is -3.35. The minimum absolute atomic E-state index is 0.0331. The second-order valence-corrected chi connectivity index (χ2v) is 7.69. The molecule has 31 heavy (non-hydrogen) atoms. The number of rotatable bonds is 5. The number of carbonyl (C=O) groups is 2. The molecule has 1 aliphatic rings. The zero-order chi connectivity index (χ0) is 22.3. The number of benzene rings is 3. The van der Waals surface area contributed by atoms with Crippen molar-refractivity contribution >= 4 is 28.2 Å². The summed E-state index contributed by atoms with van der Waals surface area (Å²) in [5.41, 5.74) is 3.12. The first kappa shape index (κ1) is 20.9. The van der Waals surface area contributed by atoms with E-state index in [1.165, 1.54) is 11.8 Å². The summed E-state index contributed by atoms with van der Waals surface area (Å²) in [4.78, 5) is 26.2. The Labute approximate surface area is 177 Å². The average molecular weight is 427 g/mol. The fourth-order valence-corrected chi connectivity index (χ4v) is 4.01. The van der Waals surface area contributed by atoms with Crippen molar-refractivity contribution in [2.24, 2.45) is 0 Å². The molecule has 1 amide bonds. The topological polar surface area (TPSA) is 46.6 Å². The molecule has 0 N–H and O–H groups in total. The summed E-state index contributed by atoms with van der Waals surface area (Å²) < 4.78 is 43.9. The summed E-state index contributed by atoms with van der Waals surface area (Å²) in [7, 11) is 0. The van der Waals surface area contributed by atoms with Crippen LogP contribution in [0.1, 0.15) is 34.0 Å². The largest absolute Gasteiger partial charge is 0.483 e. The summed E-state index contributed by atoms with van der Waals surface area (Å²) in [6, 6.07) is 14.0. The number of aryl methyl sites for hydroxylation is 1. The van der Waals surface area contributed by atoms with E-state index in [2.05, 4.69) is 0 Å². The van der Waals surface area contributed by atoms with E-state index in [0.717, 1.165) is 16.5 Å². The summed E-state index contributed by atoms with van der Waals surface area (Å²) in [6.45, 7) is 2.13. The van der Waals surface area contributed by atoms with Crippen molar-refractivity contribution in [2.45, 2.75) is 33.0 Å². The van der Waals surface area contributed by atoms with E-state index in [4.69, 9.17) is 4.74 Å². The number of Topliss-reactive ketones (excluding diaryl/α,β-unsaturated/α-hetero) is 1. The molecule has 1 aliphatic heterocycles. The van der Waals surface area contributed by atoms with Crippen molar-refractivity contribution in [3.05, 3.63) is 70.8 Å². The third-order valence-electron chi connectivity index (χ3n) is 5.41. The summed E-state index contributed by atoms with van der Waals surface area (Å²) >= 11 is 0. The monoisotopic (exact) mass is 427 g/mol. The Balaban J connectivity index is 1.78.